The van der Waals surface area contributed by atoms with Crippen LogP contribution in [0.15, 0.2) is 40.4 Å². The van der Waals surface area contributed by atoms with Gasteiger partial charge in [0.1, 0.15) is 5.82 Å². The number of halogens is 1. The van der Waals surface area contributed by atoms with Gasteiger partial charge in [0.2, 0.25) is 5.75 Å². The van der Waals surface area contributed by atoms with Gasteiger partial charge in [-0.3, -0.25) is 13.5 Å². The number of rotatable bonds is 7. The maximum absolute atomic E-state index is 11.3. The largest absolute Gasteiger partial charge is 0.448 e. The van der Waals surface area contributed by atoms with Crippen LogP contribution in [0, 0.1) is 0 Å². The van der Waals surface area contributed by atoms with E-state index in [2.05, 4.69) is 18.3 Å². The van der Waals surface area contributed by atoms with E-state index in [0.717, 1.165) is 16.7 Å². The van der Waals surface area contributed by atoms with Crippen LogP contribution in [0.4, 0.5) is 0 Å². The highest BCUT2D eigenvalue weighted by Crippen LogP contribution is 2.41. The minimum Gasteiger partial charge on any atom is -0.356 e. The fourth-order valence-corrected chi connectivity index (χ4v) is 4.38. The van der Waals surface area contributed by atoms with Gasteiger partial charge in [-0.25, -0.2) is 4.98 Å². The van der Waals surface area contributed by atoms with Crippen molar-refractivity contribution < 1.29 is 34.3 Å². The third-order valence-electron chi connectivity index (χ3n) is 3.50. The van der Waals surface area contributed by atoms with Gasteiger partial charge in [-0.1, -0.05) is 55.4 Å². The Kier molecular flexibility index (Phi) is 6.18. The van der Waals surface area contributed by atoms with E-state index in [9.17, 15) is 16.8 Å². The summed E-state index contributed by atoms with van der Waals surface area (Å²) < 4.78 is 73.7. The molecule has 11 nitrogen and oxygen atoms in total. The Hall–Kier alpha value is -2.10. The Morgan fingerprint density at radius 2 is 1.63 bits per heavy atom. The molecule has 0 atom stereocenters. The molecule has 30 heavy (non-hydrogen) atoms. The molecule has 2 aromatic heterocycles. The van der Waals surface area contributed by atoms with E-state index >= 15 is 0 Å². The van der Waals surface area contributed by atoms with Gasteiger partial charge in [-0.2, -0.15) is 21.8 Å². The number of hydrogen-bond acceptors (Lipinski definition) is 9. The van der Waals surface area contributed by atoms with Crippen molar-refractivity contribution >= 4 is 49.7 Å². The lowest BCUT2D eigenvalue weighted by molar-refractivity contribution is 0.381. The minimum absolute atomic E-state index is 0.172. The molecule has 0 spiro atoms. The van der Waals surface area contributed by atoms with E-state index in [0.29, 0.717) is 0 Å². The molecule has 0 saturated carbocycles. The molecule has 2 heterocycles. The first-order chi connectivity index (χ1) is 13.9. The van der Waals surface area contributed by atoms with Crippen molar-refractivity contribution in [2.75, 3.05) is 0 Å². The summed E-state index contributed by atoms with van der Waals surface area (Å²) >= 11 is 7.19. The zero-order chi connectivity index (χ0) is 22.3. The molecular formula is C15H14ClN3O8S3. The molecular weight excluding hydrogens is 482 g/mol. The van der Waals surface area contributed by atoms with Crippen molar-refractivity contribution in [3.8, 4) is 11.6 Å². The first-order valence-electron chi connectivity index (χ1n) is 8.04. The molecule has 0 aliphatic rings. The van der Waals surface area contributed by atoms with Gasteiger partial charge in [0, 0.05) is 10.8 Å². The lowest BCUT2D eigenvalue weighted by Crippen LogP contribution is -2.11. The number of fused-ring (bicyclic) bond motifs is 1. The van der Waals surface area contributed by atoms with Gasteiger partial charge in [0.05, 0.1) is 0 Å². The molecule has 0 aliphatic carbocycles. The van der Waals surface area contributed by atoms with Gasteiger partial charge >= 0.3 is 20.8 Å². The molecule has 0 fully saturated rings. The first-order valence-corrected chi connectivity index (χ1v) is 12.0. The molecule has 0 saturated heterocycles. The average molecular weight is 496 g/mol. The number of aromatic nitrogens is 3. The Morgan fingerprint density at radius 3 is 2.17 bits per heavy atom. The lowest BCUT2D eigenvalue weighted by atomic mass is 10.2. The van der Waals surface area contributed by atoms with E-state index in [-0.39, 0.29) is 22.4 Å². The van der Waals surface area contributed by atoms with Crippen LogP contribution in [-0.4, -0.2) is 40.3 Å². The number of imidazole rings is 1. The Bertz CT molecular complexity index is 1310. The molecule has 15 heteroatoms. The SMILES string of the molecule is CC(C)c1nc(OS(=O)(=O)O)c2c(OS(=O)(=O)O)c(Cl)nc(Sc3ccccc3)n12. The van der Waals surface area contributed by atoms with E-state index in [1.165, 1.54) is 4.40 Å². The van der Waals surface area contributed by atoms with Crippen LogP contribution in [0.5, 0.6) is 11.6 Å². The predicted octanol–water partition coefficient (Wildman–Crippen LogP) is 3.02. The van der Waals surface area contributed by atoms with Gasteiger partial charge in [0.25, 0.3) is 5.88 Å². The van der Waals surface area contributed by atoms with Crippen LogP contribution in [-0.2, 0) is 20.8 Å². The molecule has 162 valence electrons. The molecule has 2 N–H and O–H groups in total. The van der Waals surface area contributed by atoms with Gasteiger partial charge in [-0.05, 0) is 12.1 Å². The molecule has 3 rings (SSSR count). The highest BCUT2D eigenvalue weighted by molar-refractivity contribution is 7.99. The number of nitrogens with zero attached hydrogens (tertiary/aromatic N) is 3. The average Bonchev–Trinajstić information content (AvgIpc) is 2.96. The topological polar surface area (TPSA) is 157 Å². The first kappa shape index (κ1) is 22.6. The van der Waals surface area contributed by atoms with Crippen molar-refractivity contribution in [1.29, 1.82) is 0 Å². The van der Waals surface area contributed by atoms with Crippen LogP contribution in [0.3, 0.4) is 0 Å². The summed E-state index contributed by atoms with van der Waals surface area (Å²) in [7, 11) is -10.1. The monoisotopic (exact) mass is 495 g/mol. The molecule has 3 aromatic rings. The maximum Gasteiger partial charge on any atom is 0.448 e. The van der Waals surface area contributed by atoms with Crippen LogP contribution < -0.4 is 8.37 Å². The summed E-state index contributed by atoms with van der Waals surface area (Å²) in [5.74, 6) is -1.58. The maximum atomic E-state index is 11.3. The fourth-order valence-electron chi connectivity index (χ4n) is 2.48. The van der Waals surface area contributed by atoms with Crippen LogP contribution in [0.1, 0.15) is 25.6 Å². The third kappa shape index (κ3) is 5.14. The highest BCUT2D eigenvalue weighted by atomic mass is 35.5. The second-order valence-electron chi connectivity index (χ2n) is 6.07. The molecule has 0 aliphatic heterocycles. The Labute approximate surface area is 180 Å². The zero-order valence-corrected chi connectivity index (χ0v) is 18.5. The van der Waals surface area contributed by atoms with Crippen molar-refractivity contribution in [3.63, 3.8) is 0 Å². The zero-order valence-electron chi connectivity index (χ0n) is 15.3. The molecule has 0 unspecified atom stereocenters. The molecule has 0 radical (unpaired) electrons. The normalized spacial score (nSPS) is 12.5. The quantitative estimate of drug-likeness (QED) is 0.282. The van der Waals surface area contributed by atoms with E-state index < -0.39 is 37.6 Å². The Balaban J connectivity index is 2.39. The van der Waals surface area contributed by atoms with Crippen molar-refractivity contribution in [1.82, 2.24) is 14.4 Å². The summed E-state index contributed by atoms with van der Waals surface area (Å²) in [5.41, 5.74) is -0.368. The van der Waals surface area contributed by atoms with Crippen LogP contribution >= 0.6 is 23.4 Å². The molecule has 0 bridgehead atoms. The smallest absolute Gasteiger partial charge is 0.356 e. The minimum atomic E-state index is -5.07. The van der Waals surface area contributed by atoms with E-state index in [1.807, 2.05) is 0 Å². The van der Waals surface area contributed by atoms with E-state index in [1.54, 1.807) is 44.2 Å². The summed E-state index contributed by atoms with van der Waals surface area (Å²) in [4.78, 5) is 8.89. The number of benzene rings is 1. The van der Waals surface area contributed by atoms with E-state index in [4.69, 9.17) is 20.7 Å². The summed E-state index contributed by atoms with van der Waals surface area (Å²) in [6.07, 6.45) is 0. The van der Waals surface area contributed by atoms with Crippen molar-refractivity contribution in [3.05, 3.63) is 41.3 Å². The van der Waals surface area contributed by atoms with Gasteiger partial charge in [-0.15, -0.1) is 0 Å². The predicted molar refractivity (Wildman–Crippen MR) is 107 cm³/mol. The fraction of sp³-hybridized carbons (Fsp3) is 0.200. The van der Waals surface area contributed by atoms with Crippen LogP contribution in [0.2, 0.25) is 5.15 Å². The number of hydrogen-bond donors (Lipinski definition) is 2. The lowest BCUT2D eigenvalue weighted by Gasteiger charge is -2.13. The van der Waals surface area contributed by atoms with Crippen molar-refractivity contribution in [2.45, 2.75) is 29.8 Å². The van der Waals surface area contributed by atoms with Gasteiger partial charge in [0.15, 0.2) is 15.8 Å². The second-order valence-corrected chi connectivity index (χ2v) is 9.51. The van der Waals surface area contributed by atoms with Crippen molar-refractivity contribution in [2.24, 2.45) is 0 Å². The summed E-state index contributed by atoms with van der Waals surface area (Å²) in [6, 6.07) is 8.91. The van der Waals surface area contributed by atoms with Gasteiger partial charge < -0.3 is 8.37 Å². The highest BCUT2D eigenvalue weighted by Gasteiger charge is 2.29. The third-order valence-corrected chi connectivity index (χ3v) is 5.47. The summed E-state index contributed by atoms with van der Waals surface area (Å²) in [6.45, 7) is 3.45. The molecule has 1 aromatic carbocycles. The summed E-state index contributed by atoms with van der Waals surface area (Å²) in [5, 5.41) is -0.348. The molecule has 0 amide bonds. The van der Waals surface area contributed by atoms with Crippen LogP contribution in [0.25, 0.3) is 5.52 Å². The standard InChI is InChI=1S/C15H14ClN3O8S3/c1-8(2)13-18-14(27-30(23,24)25)10-11(26-29(20,21)22)12(16)17-15(19(10)13)28-9-6-4-3-5-7-9/h3-8H,1-2H3,(H,20,21,22)(H,23,24,25). The second kappa shape index (κ2) is 8.20. The Morgan fingerprint density at radius 1 is 1.03 bits per heavy atom.